The van der Waals surface area contributed by atoms with Crippen LogP contribution in [0.15, 0.2) is 30.6 Å². The van der Waals surface area contributed by atoms with E-state index in [1.165, 1.54) is 29.5 Å². The quantitative estimate of drug-likeness (QED) is 0.910. The third kappa shape index (κ3) is 2.30. The minimum absolute atomic E-state index is 0.543. The molecule has 1 unspecified atom stereocenters. The molecule has 2 aromatic rings. The molecule has 3 nitrogen and oxygen atoms in total. The van der Waals surface area contributed by atoms with Gasteiger partial charge in [-0.15, -0.1) is 0 Å². The number of aryl methyl sites for hydroxylation is 2. The number of nitrogens with zero attached hydrogens (tertiary/aromatic N) is 2. The molecule has 0 saturated heterocycles. The van der Waals surface area contributed by atoms with Gasteiger partial charge in [0.15, 0.2) is 0 Å². The van der Waals surface area contributed by atoms with E-state index in [9.17, 15) is 0 Å². The van der Waals surface area contributed by atoms with Gasteiger partial charge in [0.2, 0.25) is 0 Å². The zero-order valence-electron chi connectivity index (χ0n) is 11.7. The summed E-state index contributed by atoms with van der Waals surface area (Å²) >= 11 is 0. The SMILES string of the molecule is CCn1ccnc1Cc1ccc2c(c1)CCC2NC. The minimum atomic E-state index is 0.543. The second-order valence-corrected chi connectivity index (χ2v) is 5.22. The molecule has 3 rings (SSSR count). The highest BCUT2D eigenvalue weighted by atomic mass is 15.0. The van der Waals surface area contributed by atoms with Gasteiger partial charge in [0.25, 0.3) is 0 Å². The van der Waals surface area contributed by atoms with E-state index < -0.39 is 0 Å². The summed E-state index contributed by atoms with van der Waals surface area (Å²) in [5, 5.41) is 3.39. The Balaban J connectivity index is 1.84. The topological polar surface area (TPSA) is 29.9 Å². The molecular weight excluding hydrogens is 234 g/mol. The molecule has 1 heterocycles. The van der Waals surface area contributed by atoms with Crippen molar-refractivity contribution < 1.29 is 0 Å². The molecule has 19 heavy (non-hydrogen) atoms. The predicted octanol–water partition coefficient (Wildman–Crippen LogP) is 2.70. The first-order valence-electron chi connectivity index (χ1n) is 7.10. The van der Waals surface area contributed by atoms with E-state index >= 15 is 0 Å². The molecule has 0 amide bonds. The fraction of sp³-hybridized carbons (Fsp3) is 0.438. The van der Waals surface area contributed by atoms with Crippen molar-refractivity contribution >= 4 is 0 Å². The lowest BCUT2D eigenvalue weighted by atomic mass is 10.0. The molecule has 0 fully saturated rings. The third-order valence-corrected chi connectivity index (χ3v) is 4.14. The van der Waals surface area contributed by atoms with Gasteiger partial charge in [-0.25, -0.2) is 4.98 Å². The minimum Gasteiger partial charge on any atom is -0.335 e. The van der Waals surface area contributed by atoms with Crippen LogP contribution in [-0.4, -0.2) is 16.6 Å². The summed E-state index contributed by atoms with van der Waals surface area (Å²) < 4.78 is 2.21. The van der Waals surface area contributed by atoms with Crippen LogP contribution in [0.3, 0.4) is 0 Å². The van der Waals surface area contributed by atoms with Gasteiger partial charge in [-0.3, -0.25) is 0 Å². The summed E-state index contributed by atoms with van der Waals surface area (Å²) in [4.78, 5) is 4.46. The summed E-state index contributed by atoms with van der Waals surface area (Å²) in [6, 6.07) is 7.45. The third-order valence-electron chi connectivity index (χ3n) is 4.14. The van der Waals surface area contributed by atoms with Crippen LogP contribution in [0.5, 0.6) is 0 Å². The van der Waals surface area contributed by atoms with Crippen molar-refractivity contribution in [1.29, 1.82) is 0 Å². The van der Waals surface area contributed by atoms with Crippen LogP contribution in [0.25, 0.3) is 0 Å². The first-order chi connectivity index (χ1) is 9.31. The fourth-order valence-corrected chi connectivity index (χ4v) is 3.06. The van der Waals surface area contributed by atoms with Crippen LogP contribution in [-0.2, 0) is 19.4 Å². The number of hydrogen-bond donors (Lipinski definition) is 1. The first kappa shape index (κ1) is 12.4. The Kier molecular flexibility index (Phi) is 3.38. The van der Waals surface area contributed by atoms with Crippen LogP contribution in [0.2, 0.25) is 0 Å². The Morgan fingerprint density at radius 3 is 3.11 bits per heavy atom. The average Bonchev–Trinajstić information content (AvgIpc) is 3.04. The highest BCUT2D eigenvalue weighted by Gasteiger charge is 2.20. The van der Waals surface area contributed by atoms with E-state index in [-0.39, 0.29) is 0 Å². The summed E-state index contributed by atoms with van der Waals surface area (Å²) in [6.07, 6.45) is 7.29. The Morgan fingerprint density at radius 1 is 1.42 bits per heavy atom. The number of benzene rings is 1. The van der Waals surface area contributed by atoms with E-state index in [0.717, 1.165) is 18.8 Å². The molecule has 0 bridgehead atoms. The van der Waals surface area contributed by atoms with Crippen molar-refractivity contribution in [3.05, 3.63) is 53.1 Å². The van der Waals surface area contributed by atoms with Crippen molar-refractivity contribution in [2.45, 2.75) is 38.8 Å². The Hall–Kier alpha value is -1.61. The van der Waals surface area contributed by atoms with Gasteiger partial charge < -0.3 is 9.88 Å². The van der Waals surface area contributed by atoms with Gasteiger partial charge in [0.1, 0.15) is 5.82 Å². The molecule has 1 atom stereocenters. The highest BCUT2D eigenvalue weighted by Crippen LogP contribution is 2.31. The Bertz CT molecular complexity index is 571. The van der Waals surface area contributed by atoms with Crippen molar-refractivity contribution in [2.75, 3.05) is 7.05 Å². The molecule has 1 N–H and O–H groups in total. The highest BCUT2D eigenvalue weighted by molar-refractivity contribution is 5.38. The van der Waals surface area contributed by atoms with Crippen molar-refractivity contribution in [3.63, 3.8) is 0 Å². The van der Waals surface area contributed by atoms with E-state index in [1.807, 2.05) is 13.2 Å². The zero-order valence-corrected chi connectivity index (χ0v) is 11.7. The largest absolute Gasteiger partial charge is 0.335 e. The van der Waals surface area contributed by atoms with Crippen LogP contribution in [0.4, 0.5) is 0 Å². The zero-order chi connectivity index (χ0) is 13.2. The molecule has 1 aliphatic rings. The Labute approximate surface area is 114 Å². The van der Waals surface area contributed by atoms with Gasteiger partial charge >= 0.3 is 0 Å². The van der Waals surface area contributed by atoms with Gasteiger partial charge in [0.05, 0.1) is 0 Å². The van der Waals surface area contributed by atoms with E-state index in [0.29, 0.717) is 6.04 Å². The van der Waals surface area contributed by atoms with Crippen molar-refractivity contribution in [3.8, 4) is 0 Å². The lowest BCUT2D eigenvalue weighted by Gasteiger charge is -2.11. The second-order valence-electron chi connectivity index (χ2n) is 5.22. The van der Waals surface area contributed by atoms with Gasteiger partial charge in [-0.1, -0.05) is 18.2 Å². The van der Waals surface area contributed by atoms with E-state index in [2.05, 4.69) is 46.2 Å². The summed E-state index contributed by atoms with van der Waals surface area (Å²) in [5.74, 6) is 1.16. The van der Waals surface area contributed by atoms with E-state index in [1.54, 1.807) is 0 Å². The first-order valence-corrected chi connectivity index (χ1v) is 7.10. The Morgan fingerprint density at radius 2 is 2.32 bits per heavy atom. The standard InChI is InChI=1S/C16H21N3/c1-3-19-9-8-18-16(19)11-12-4-6-14-13(10-12)5-7-15(14)17-2/h4,6,8-10,15,17H,3,5,7,11H2,1-2H3. The fourth-order valence-electron chi connectivity index (χ4n) is 3.06. The molecule has 0 aliphatic heterocycles. The molecule has 0 saturated carbocycles. The van der Waals surface area contributed by atoms with Crippen LogP contribution >= 0.6 is 0 Å². The van der Waals surface area contributed by atoms with Gasteiger partial charge in [0, 0.05) is 31.4 Å². The average molecular weight is 255 g/mol. The molecule has 0 spiro atoms. The van der Waals surface area contributed by atoms with E-state index in [4.69, 9.17) is 0 Å². The summed E-state index contributed by atoms with van der Waals surface area (Å²) in [6.45, 7) is 3.15. The number of fused-ring (bicyclic) bond motifs is 1. The number of hydrogen-bond acceptors (Lipinski definition) is 2. The molecule has 3 heteroatoms. The van der Waals surface area contributed by atoms with Crippen molar-refractivity contribution in [2.24, 2.45) is 0 Å². The molecule has 100 valence electrons. The van der Waals surface area contributed by atoms with Crippen LogP contribution in [0.1, 0.15) is 41.9 Å². The molecule has 1 aromatic carbocycles. The molecule has 1 aromatic heterocycles. The normalized spacial score (nSPS) is 17.7. The summed E-state index contributed by atoms with van der Waals surface area (Å²) in [5.41, 5.74) is 4.35. The lowest BCUT2D eigenvalue weighted by molar-refractivity contribution is 0.590. The number of rotatable bonds is 4. The maximum atomic E-state index is 4.46. The van der Waals surface area contributed by atoms with Crippen molar-refractivity contribution in [1.82, 2.24) is 14.9 Å². The predicted molar refractivity (Wildman–Crippen MR) is 77.3 cm³/mol. The maximum Gasteiger partial charge on any atom is 0.113 e. The maximum absolute atomic E-state index is 4.46. The molecule has 1 aliphatic carbocycles. The van der Waals surface area contributed by atoms with Gasteiger partial charge in [-0.05, 0) is 43.5 Å². The monoisotopic (exact) mass is 255 g/mol. The lowest BCUT2D eigenvalue weighted by Crippen LogP contribution is -2.12. The van der Waals surface area contributed by atoms with Crippen LogP contribution < -0.4 is 5.32 Å². The summed E-state index contributed by atoms with van der Waals surface area (Å²) in [7, 11) is 2.05. The number of nitrogens with one attached hydrogen (secondary N) is 1. The molecule has 0 radical (unpaired) electrons. The number of aromatic nitrogens is 2. The second kappa shape index (κ2) is 5.17. The van der Waals surface area contributed by atoms with Gasteiger partial charge in [-0.2, -0.15) is 0 Å². The number of imidazole rings is 1. The smallest absolute Gasteiger partial charge is 0.113 e. The molecular formula is C16H21N3. The van der Waals surface area contributed by atoms with Crippen LogP contribution in [0, 0.1) is 0 Å².